The van der Waals surface area contributed by atoms with Crippen LogP contribution in [0.4, 0.5) is 0 Å². The maximum atomic E-state index is 3.44. The van der Waals surface area contributed by atoms with Crippen molar-refractivity contribution in [3.8, 4) is 0 Å². The molecule has 0 fully saturated rings. The fourth-order valence-electron chi connectivity index (χ4n) is 2.48. The van der Waals surface area contributed by atoms with Gasteiger partial charge in [-0.25, -0.2) is 0 Å². The van der Waals surface area contributed by atoms with E-state index >= 15 is 0 Å². The molecule has 0 heterocycles. The van der Waals surface area contributed by atoms with Gasteiger partial charge in [0.05, 0.1) is 0 Å². The van der Waals surface area contributed by atoms with Crippen molar-refractivity contribution in [1.82, 2.24) is 5.32 Å². The highest BCUT2D eigenvalue weighted by Gasteiger charge is 2.08. The molecule has 106 valence electrons. The Kier molecular flexibility index (Phi) is 5.37. The summed E-state index contributed by atoms with van der Waals surface area (Å²) in [6, 6.07) is 18.4. The third-order valence-electron chi connectivity index (χ3n) is 3.92. The standard InChI is InChI=1S/C19H25N/c1-4-16-9-11-18(12-10-16)14-19(20-3)13-17-7-5-15(2)6-8-17/h5-12,19-20H,4,13-14H2,1-3H3. The highest BCUT2D eigenvalue weighted by molar-refractivity contribution is 5.25. The summed E-state index contributed by atoms with van der Waals surface area (Å²) >= 11 is 0. The summed E-state index contributed by atoms with van der Waals surface area (Å²) in [4.78, 5) is 0. The number of benzene rings is 2. The summed E-state index contributed by atoms with van der Waals surface area (Å²) < 4.78 is 0. The number of rotatable bonds is 6. The minimum Gasteiger partial charge on any atom is -0.316 e. The monoisotopic (exact) mass is 267 g/mol. The molecule has 0 spiro atoms. The van der Waals surface area contributed by atoms with E-state index in [0.29, 0.717) is 6.04 Å². The second kappa shape index (κ2) is 7.25. The molecule has 1 unspecified atom stereocenters. The van der Waals surface area contributed by atoms with E-state index in [0.717, 1.165) is 19.3 Å². The summed E-state index contributed by atoms with van der Waals surface area (Å²) in [5, 5.41) is 3.44. The van der Waals surface area contributed by atoms with Gasteiger partial charge < -0.3 is 5.32 Å². The molecule has 0 saturated carbocycles. The maximum absolute atomic E-state index is 3.44. The second-order valence-corrected chi connectivity index (χ2v) is 5.55. The summed E-state index contributed by atoms with van der Waals surface area (Å²) in [5.74, 6) is 0. The summed E-state index contributed by atoms with van der Waals surface area (Å²) in [6.07, 6.45) is 3.26. The van der Waals surface area contributed by atoms with Crippen LogP contribution in [0.2, 0.25) is 0 Å². The van der Waals surface area contributed by atoms with Crippen molar-refractivity contribution < 1.29 is 0 Å². The molecule has 0 aliphatic heterocycles. The first-order valence-electron chi connectivity index (χ1n) is 7.52. The second-order valence-electron chi connectivity index (χ2n) is 5.55. The van der Waals surface area contributed by atoms with E-state index in [4.69, 9.17) is 0 Å². The molecule has 0 radical (unpaired) electrons. The van der Waals surface area contributed by atoms with Gasteiger partial charge in [0.15, 0.2) is 0 Å². The summed E-state index contributed by atoms with van der Waals surface area (Å²) in [7, 11) is 2.05. The van der Waals surface area contributed by atoms with Crippen LogP contribution in [0, 0.1) is 6.92 Å². The lowest BCUT2D eigenvalue weighted by Gasteiger charge is -2.17. The molecular weight excluding hydrogens is 242 g/mol. The van der Waals surface area contributed by atoms with Crippen molar-refractivity contribution in [3.05, 3.63) is 70.8 Å². The molecule has 0 bridgehead atoms. The van der Waals surface area contributed by atoms with Crippen LogP contribution in [0.3, 0.4) is 0 Å². The van der Waals surface area contributed by atoms with Crippen molar-refractivity contribution >= 4 is 0 Å². The van der Waals surface area contributed by atoms with Crippen molar-refractivity contribution in [3.63, 3.8) is 0 Å². The Morgan fingerprint density at radius 2 is 1.25 bits per heavy atom. The summed E-state index contributed by atoms with van der Waals surface area (Å²) in [5.41, 5.74) is 5.55. The molecule has 1 nitrogen and oxygen atoms in total. The van der Waals surface area contributed by atoms with Crippen LogP contribution in [0.15, 0.2) is 48.5 Å². The van der Waals surface area contributed by atoms with Gasteiger partial charge in [-0.1, -0.05) is 61.0 Å². The first-order valence-corrected chi connectivity index (χ1v) is 7.52. The molecule has 2 aromatic rings. The van der Waals surface area contributed by atoms with Gasteiger partial charge in [-0.05, 0) is 49.9 Å². The van der Waals surface area contributed by atoms with Crippen LogP contribution in [0.1, 0.15) is 29.2 Å². The van der Waals surface area contributed by atoms with Gasteiger partial charge in [-0.2, -0.15) is 0 Å². The van der Waals surface area contributed by atoms with Crippen LogP contribution in [0.25, 0.3) is 0 Å². The molecule has 1 heteroatoms. The van der Waals surface area contributed by atoms with Crippen LogP contribution in [0.5, 0.6) is 0 Å². The molecule has 20 heavy (non-hydrogen) atoms. The Labute approximate surface area is 123 Å². The number of aryl methyl sites for hydroxylation is 2. The predicted molar refractivity (Wildman–Crippen MR) is 87.3 cm³/mol. The van der Waals surface area contributed by atoms with Gasteiger partial charge in [0, 0.05) is 6.04 Å². The molecule has 1 atom stereocenters. The molecule has 2 rings (SSSR count). The van der Waals surface area contributed by atoms with E-state index in [1.807, 2.05) is 0 Å². The van der Waals surface area contributed by atoms with E-state index in [9.17, 15) is 0 Å². The number of hydrogen-bond donors (Lipinski definition) is 1. The minimum atomic E-state index is 0.491. The molecular formula is C19H25N. The smallest absolute Gasteiger partial charge is 0.0145 e. The van der Waals surface area contributed by atoms with E-state index in [-0.39, 0.29) is 0 Å². The zero-order valence-corrected chi connectivity index (χ0v) is 12.8. The third-order valence-corrected chi connectivity index (χ3v) is 3.92. The molecule has 1 N–H and O–H groups in total. The average Bonchev–Trinajstić information content (AvgIpc) is 2.49. The van der Waals surface area contributed by atoms with Gasteiger partial charge >= 0.3 is 0 Å². The summed E-state index contributed by atoms with van der Waals surface area (Å²) in [6.45, 7) is 4.33. The molecule has 0 aromatic heterocycles. The Morgan fingerprint density at radius 3 is 1.70 bits per heavy atom. The van der Waals surface area contributed by atoms with E-state index in [1.165, 1.54) is 22.3 Å². The van der Waals surface area contributed by atoms with Crippen molar-refractivity contribution in [2.24, 2.45) is 0 Å². The first-order chi connectivity index (χ1) is 9.71. The lowest BCUT2D eigenvalue weighted by molar-refractivity contribution is 0.556. The number of nitrogens with one attached hydrogen (secondary N) is 1. The third kappa shape index (κ3) is 4.21. The van der Waals surface area contributed by atoms with Crippen LogP contribution < -0.4 is 5.32 Å². The fraction of sp³-hybridized carbons (Fsp3) is 0.368. The molecule has 0 aliphatic rings. The van der Waals surface area contributed by atoms with Gasteiger partial charge in [0.1, 0.15) is 0 Å². The predicted octanol–water partition coefficient (Wildman–Crippen LogP) is 3.93. The SMILES string of the molecule is CCc1ccc(CC(Cc2ccc(C)cc2)NC)cc1. The first kappa shape index (κ1) is 14.8. The Balaban J connectivity index is 1.99. The van der Waals surface area contributed by atoms with Crippen LogP contribution >= 0.6 is 0 Å². The largest absolute Gasteiger partial charge is 0.316 e. The molecule has 2 aromatic carbocycles. The Morgan fingerprint density at radius 1 is 0.800 bits per heavy atom. The van der Waals surface area contributed by atoms with E-state index in [2.05, 4.69) is 74.7 Å². The number of hydrogen-bond acceptors (Lipinski definition) is 1. The number of likely N-dealkylation sites (N-methyl/N-ethyl adjacent to an activating group) is 1. The quantitative estimate of drug-likeness (QED) is 0.836. The van der Waals surface area contributed by atoms with Crippen LogP contribution in [-0.4, -0.2) is 13.1 Å². The van der Waals surface area contributed by atoms with Gasteiger partial charge in [0.25, 0.3) is 0 Å². The topological polar surface area (TPSA) is 12.0 Å². The zero-order chi connectivity index (χ0) is 14.4. The molecule has 0 amide bonds. The van der Waals surface area contributed by atoms with E-state index < -0.39 is 0 Å². The van der Waals surface area contributed by atoms with E-state index in [1.54, 1.807) is 0 Å². The lowest BCUT2D eigenvalue weighted by Crippen LogP contribution is -2.29. The zero-order valence-electron chi connectivity index (χ0n) is 12.8. The van der Waals surface area contributed by atoms with Crippen LogP contribution in [-0.2, 0) is 19.3 Å². The molecule has 0 saturated heterocycles. The lowest BCUT2D eigenvalue weighted by atomic mass is 9.97. The Bertz CT molecular complexity index is 510. The Hall–Kier alpha value is -1.60. The van der Waals surface area contributed by atoms with Gasteiger partial charge in [0.2, 0.25) is 0 Å². The van der Waals surface area contributed by atoms with Crippen molar-refractivity contribution in [2.75, 3.05) is 7.05 Å². The van der Waals surface area contributed by atoms with Crippen molar-refractivity contribution in [1.29, 1.82) is 0 Å². The average molecular weight is 267 g/mol. The highest BCUT2D eigenvalue weighted by atomic mass is 14.9. The van der Waals surface area contributed by atoms with Gasteiger partial charge in [-0.3, -0.25) is 0 Å². The minimum absolute atomic E-state index is 0.491. The molecule has 0 aliphatic carbocycles. The normalized spacial score (nSPS) is 12.3. The fourth-order valence-corrected chi connectivity index (χ4v) is 2.48. The van der Waals surface area contributed by atoms with Gasteiger partial charge in [-0.15, -0.1) is 0 Å². The maximum Gasteiger partial charge on any atom is 0.0145 e. The highest BCUT2D eigenvalue weighted by Crippen LogP contribution is 2.11. The van der Waals surface area contributed by atoms with Crippen molar-refractivity contribution in [2.45, 2.75) is 39.2 Å².